The van der Waals surface area contributed by atoms with Crippen molar-refractivity contribution >= 4 is 0 Å². The molecular formula is C29H58O8. The van der Waals surface area contributed by atoms with Crippen molar-refractivity contribution in [2.75, 3.05) is 52.9 Å². The summed E-state index contributed by atoms with van der Waals surface area (Å²) >= 11 is 0. The Morgan fingerprint density at radius 3 is 1.27 bits per heavy atom. The van der Waals surface area contributed by atoms with Crippen LogP contribution < -0.4 is 0 Å². The van der Waals surface area contributed by atoms with Gasteiger partial charge in [0, 0.05) is 39.6 Å². The molecule has 8 heteroatoms. The van der Waals surface area contributed by atoms with Crippen LogP contribution in [0, 0.1) is 23.7 Å². The molecule has 2 aliphatic carbocycles. The SMILES string of the molecule is CC(OCC1CCC(CO)CC1)OCC1CCC(CO)CC1.CCC(OCCCCO)OCCCCO. The van der Waals surface area contributed by atoms with Gasteiger partial charge in [-0.2, -0.15) is 0 Å². The minimum Gasteiger partial charge on any atom is -0.396 e. The summed E-state index contributed by atoms with van der Waals surface area (Å²) in [6.45, 7) is 7.99. The summed E-state index contributed by atoms with van der Waals surface area (Å²) in [5, 5.41) is 35.5. The van der Waals surface area contributed by atoms with Crippen molar-refractivity contribution in [1.82, 2.24) is 0 Å². The summed E-state index contributed by atoms with van der Waals surface area (Å²) in [5.41, 5.74) is 0. The number of unbranched alkanes of at least 4 members (excludes halogenated alkanes) is 2. The lowest BCUT2D eigenvalue weighted by Gasteiger charge is -2.29. The molecule has 2 saturated carbocycles. The molecule has 2 rings (SSSR count). The van der Waals surface area contributed by atoms with Gasteiger partial charge in [-0.15, -0.1) is 0 Å². The lowest BCUT2D eigenvalue weighted by atomic mass is 9.83. The van der Waals surface area contributed by atoms with Gasteiger partial charge in [-0.1, -0.05) is 6.92 Å². The molecule has 2 aliphatic rings. The highest BCUT2D eigenvalue weighted by Gasteiger charge is 2.23. The molecule has 8 nitrogen and oxygen atoms in total. The fourth-order valence-electron chi connectivity index (χ4n) is 4.89. The van der Waals surface area contributed by atoms with Crippen LogP contribution in [0.15, 0.2) is 0 Å². The van der Waals surface area contributed by atoms with Crippen LogP contribution in [0.3, 0.4) is 0 Å². The molecule has 0 spiro atoms. The average molecular weight is 535 g/mol. The maximum Gasteiger partial charge on any atom is 0.157 e. The molecule has 2 fully saturated rings. The Balaban J connectivity index is 0.000000401. The number of ether oxygens (including phenoxy) is 4. The number of aliphatic hydroxyl groups excluding tert-OH is 4. The van der Waals surface area contributed by atoms with Gasteiger partial charge in [0.1, 0.15) is 0 Å². The molecule has 37 heavy (non-hydrogen) atoms. The fourth-order valence-corrected chi connectivity index (χ4v) is 4.89. The largest absolute Gasteiger partial charge is 0.396 e. The fraction of sp³-hybridized carbons (Fsp3) is 1.00. The Kier molecular flexibility index (Phi) is 22.1. The molecule has 0 aromatic carbocycles. The minimum atomic E-state index is -0.137. The summed E-state index contributed by atoms with van der Waals surface area (Å²) in [6.07, 6.45) is 13.1. The maximum atomic E-state index is 9.16. The van der Waals surface area contributed by atoms with Gasteiger partial charge < -0.3 is 39.4 Å². The zero-order valence-corrected chi connectivity index (χ0v) is 23.7. The Labute approximate surface area is 226 Å². The molecule has 4 N–H and O–H groups in total. The van der Waals surface area contributed by atoms with Crippen LogP contribution in [0.2, 0.25) is 0 Å². The first-order chi connectivity index (χ1) is 18.1. The van der Waals surface area contributed by atoms with Crippen LogP contribution in [0.1, 0.15) is 97.3 Å². The lowest BCUT2D eigenvalue weighted by Crippen LogP contribution is -2.26. The van der Waals surface area contributed by atoms with Crippen molar-refractivity contribution in [1.29, 1.82) is 0 Å². The first-order valence-corrected chi connectivity index (χ1v) is 15.0. The number of hydrogen-bond acceptors (Lipinski definition) is 8. The molecule has 0 saturated heterocycles. The van der Waals surface area contributed by atoms with Crippen LogP contribution in [-0.4, -0.2) is 85.9 Å². The lowest BCUT2D eigenvalue weighted by molar-refractivity contribution is -0.150. The topological polar surface area (TPSA) is 118 Å². The van der Waals surface area contributed by atoms with E-state index in [2.05, 4.69) is 0 Å². The molecule has 0 aliphatic heterocycles. The summed E-state index contributed by atoms with van der Waals surface area (Å²) < 4.78 is 22.7. The van der Waals surface area contributed by atoms with Gasteiger partial charge in [0.2, 0.25) is 0 Å². The van der Waals surface area contributed by atoms with E-state index in [9.17, 15) is 0 Å². The molecule has 0 amide bonds. The smallest absolute Gasteiger partial charge is 0.157 e. The normalized spacial score (nSPS) is 25.1. The van der Waals surface area contributed by atoms with E-state index in [1.165, 1.54) is 25.7 Å². The molecule has 0 bridgehead atoms. The molecular weight excluding hydrogens is 476 g/mol. The predicted molar refractivity (Wildman–Crippen MR) is 145 cm³/mol. The van der Waals surface area contributed by atoms with Crippen LogP contribution >= 0.6 is 0 Å². The second kappa shape index (κ2) is 23.6. The maximum absolute atomic E-state index is 9.16. The van der Waals surface area contributed by atoms with Gasteiger partial charge in [-0.3, -0.25) is 0 Å². The predicted octanol–water partition coefficient (Wildman–Crippen LogP) is 4.26. The summed E-state index contributed by atoms with van der Waals surface area (Å²) in [4.78, 5) is 0. The van der Waals surface area contributed by atoms with E-state index < -0.39 is 0 Å². The average Bonchev–Trinajstić information content (AvgIpc) is 2.95. The first kappa shape index (κ1) is 34.7. The van der Waals surface area contributed by atoms with Gasteiger partial charge >= 0.3 is 0 Å². The van der Waals surface area contributed by atoms with Crippen molar-refractivity contribution in [3.63, 3.8) is 0 Å². The standard InChI is InChI=1S/C18H34O4.C11H24O4/c1-14(21-12-17-6-2-15(10-19)3-7-17)22-13-18-8-4-16(11-20)5-9-18;1-2-11(14-9-5-3-7-12)15-10-6-4-8-13/h14-20H,2-13H2,1H3;11-13H,2-10H2,1H3. The third kappa shape index (κ3) is 17.8. The molecule has 0 aromatic heterocycles. The first-order valence-electron chi connectivity index (χ1n) is 15.0. The van der Waals surface area contributed by atoms with Crippen LogP contribution in [0.25, 0.3) is 0 Å². The third-order valence-corrected chi connectivity index (χ3v) is 7.63. The van der Waals surface area contributed by atoms with Gasteiger partial charge in [0.25, 0.3) is 0 Å². The Morgan fingerprint density at radius 1 is 0.568 bits per heavy atom. The van der Waals surface area contributed by atoms with Crippen LogP contribution in [-0.2, 0) is 18.9 Å². The zero-order chi connectivity index (χ0) is 27.1. The number of hydrogen-bond donors (Lipinski definition) is 4. The van der Waals surface area contributed by atoms with E-state index >= 15 is 0 Å². The highest BCUT2D eigenvalue weighted by Crippen LogP contribution is 2.30. The number of rotatable bonds is 19. The van der Waals surface area contributed by atoms with E-state index in [0.717, 1.165) is 71.0 Å². The van der Waals surface area contributed by atoms with Crippen LogP contribution in [0.5, 0.6) is 0 Å². The van der Waals surface area contributed by atoms with E-state index in [-0.39, 0.29) is 25.8 Å². The summed E-state index contributed by atoms with van der Waals surface area (Å²) in [5.74, 6) is 2.29. The van der Waals surface area contributed by atoms with Crippen molar-refractivity contribution in [2.24, 2.45) is 23.7 Å². The minimum absolute atomic E-state index is 0.119. The summed E-state index contributed by atoms with van der Waals surface area (Å²) in [7, 11) is 0. The van der Waals surface area contributed by atoms with Gasteiger partial charge in [0.15, 0.2) is 12.6 Å². The van der Waals surface area contributed by atoms with Gasteiger partial charge in [-0.05, 0) is 114 Å². The summed E-state index contributed by atoms with van der Waals surface area (Å²) in [6, 6.07) is 0. The molecule has 222 valence electrons. The van der Waals surface area contributed by atoms with E-state index in [0.29, 0.717) is 50.1 Å². The monoisotopic (exact) mass is 534 g/mol. The highest BCUT2D eigenvalue weighted by atomic mass is 16.7. The zero-order valence-electron chi connectivity index (χ0n) is 23.7. The Bertz CT molecular complexity index is 439. The third-order valence-electron chi connectivity index (χ3n) is 7.63. The molecule has 0 radical (unpaired) electrons. The van der Waals surface area contributed by atoms with Crippen molar-refractivity contribution in [3.8, 4) is 0 Å². The van der Waals surface area contributed by atoms with Gasteiger partial charge in [-0.25, -0.2) is 0 Å². The molecule has 0 unspecified atom stereocenters. The molecule has 0 aromatic rings. The van der Waals surface area contributed by atoms with Crippen molar-refractivity contribution < 1.29 is 39.4 Å². The quantitative estimate of drug-likeness (QED) is 0.143. The highest BCUT2D eigenvalue weighted by molar-refractivity contribution is 4.73. The molecule has 0 atom stereocenters. The Morgan fingerprint density at radius 2 is 0.946 bits per heavy atom. The Hall–Kier alpha value is -0.320. The number of aliphatic hydroxyl groups is 4. The molecule has 0 heterocycles. The second-order valence-electron chi connectivity index (χ2n) is 10.8. The second-order valence-corrected chi connectivity index (χ2v) is 10.8. The van der Waals surface area contributed by atoms with E-state index in [4.69, 9.17) is 39.4 Å². The van der Waals surface area contributed by atoms with E-state index in [1.807, 2.05) is 13.8 Å². The van der Waals surface area contributed by atoms with E-state index in [1.54, 1.807) is 0 Å². The van der Waals surface area contributed by atoms with Crippen LogP contribution in [0.4, 0.5) is 0 Å². The van der Waals surface area contributed by atoms with Gasteiger partial charge in [0.05, 0.1) is 13.2 Å². The van der Waals surface area contributed by atoms with Crippen molar-refractivity contribution in [3.05, 3.63) is 0 Å². The van der Waals surface area contributed by atoms with Crippen molar-refractivity contribution in [2.45, 2.75) is 110 Å².